The summed E-state index contributed by atoms with van der Waals surface area (Å²) in [6.45, 7) is 0.388. The van der Waals surface area contributed by atoms with E-state index in [2.05, 4.69) is 15.9 Å². The van der Waals surface area contributed by atoms with Gasteiger partial charge in [-0.3, -0.25) is 14.4 Å². The van der Waals surface area contributed by atoms with Gasteiger partial charge in [0.05, 0.1) is 24.5 Å². The summed E-state index contributed by atoms with van der Waals surface area (Å²) in [6, 6.07) is 31.5. The highest BCUT2D eigenvalue weighted by atomic mass is 79.9. The van der Waals surface area contributed by atoms with Gasteiger partial charge in [-0.15, -0.1) is 0 Å². The molecule has 2 amide bonds. The summed E-state index contributed by atoms with van der Waals surface area (Å²) in [6.07, 6.45) is -0.952. The van der Waals surface area contributed by atoms with E-state index in [4.69, 9.17) is 14.3 Å². The number of ether oxygens (including phenoxy) is 2. The van der Waals surface area contributed by atoms with Crippen molar-refractivity contribution in [2.75, 3.05) is 17.1 Å². The number of hydroxylamine groups is 1. The molecule has 0 bridgehead atoms. The number of carbonyl (C=O) groups is 2. The number of anilines is 2. The normalized spacial score (nSPS) is 20.3. The molecule has 39 heavy (non-hydrogen) atoms. The molecule has 0 radical (unpaired) electrons. The highest BCUT2D eigenvalue weighted by molar-refractivity contribution is 9.10. The molecule has 4 aromatic carbocycles. The largest absolute Gasteiger partial charge is 0.493 e. The lowest BCUT2D eigenvalue weighted by atomic mass is 9.90. The van der Waals surface area contributed by atoms with Gasteiger partial charge in [-0.2, -0.15) is 0 Å². The summed E-state index contributed by atoms with van der Waals surface area (Å²) in [5.41, 5.74) is 3.07. The third-order valence-corrected chi connectivity index (χ3v) is 7.51. The van der Waals surface area contributed by atoms with Gasteiger partial charge in [-0.25, -0.2) is 9.96 Å². The lowest BCUT2D eigenvalue weighted by molar-refractivity contribution is -0.126. The second-order valence-electron chi connectivity index (χ2n) is 9.33. The molecule has 8 heteroatoms. The van der Waals surface area contributed by atoms with Crippen LogP contribution in [0.25, 0.3) is 0 Å². The molecule has 3 atom stereocenters. The number of methoxy groups -OCH3 is 1. The first-order valence-corrected chi connectivity index (χ1v) is 13.3. The van der Waals surface area contributed by atoms with Gasteiger partial charge < -0.3 is 9.47 Å². The Hall–Kier alpha value is -4.14. The van der Waals surface area contributed by atoms with Crippen molar-refractivity contribution >= 4 is 39.1 Å². The monoisotopic (exact) mass is 584 g/mol. The van der Waals surface area contributed by atoms with Crippen LogP contribution in [0.3, 0.4) is 0 Å². The first-order chi connectivity index (χ1) is 19.0. The number of halogens is 1. The molecule has 0 aromatic heterocycles. The SMILES string of the molecule is COc1cc(C2C3C(=O)N(c4ccc(Br)cc4)C(=O)C3ON2c2ccccc2)ccc1OCc1ccccc1. The second-order valence-corrected chi connectivity index (χ2v) is 10.2. The van der Waals surface area contributed by atoms with Gasteiger partial charge in [0.25, 0.3) is 5.91 Å². The van der Waals surface area contributed by atoms with Crippen molar-refractivity contribution in [1.82, 2.24) is 0 Å². The zero-order valence-corrected chi connectivity index (χ0v) is 22.7. The Morgan fingerprint density at radius 1 is 0.795 bits per heavy atom. The maximum absolute atomic E-state index is 13.9. The van der Waals surface area contributed by atoms with Gasteiger partial charge in [0.1, 0.15) is 12.5 Å². The predicted molar refractivity (Wildman–Crippen MR) is 150 cm³/mol. The fraction of sp³-hybridized carbons (Fsp3) is 0.161. The standard InChI is InChI=1S/C31H25BrN2O5/c1-37-26-18-21(12-17-25(26)38-19-20-8-4-2-5-9-20)28-27-29(39-34(28)24-10-6-3-7-11-24)31(36)33(30(27)35)23-15-13-22(32)14-16-23/h2-18,27-29H,19H2,1H3. The molecule has 6 rings (SSSR count). The van der Waals surface area contributed by atoms with E-state index in [-0.39, 0.29) is 11.8 Å². The number of amides is 2. The molecular weight excluding hydrogens is 560 g/mol. The summed E-state index contributed by atoms with van der Waals surface area (Å²) < 4.78 is 12.6. The first kappa shape index (κ1) is 25.2. The summed E-state index contributed by atoms with van der Waals surface area (Å²) in [5, 5.41) is 1.67. The number of para-hydroxylation sites is 1. The Morgan fingerprint density at radius 2 is 1.49 bits per heavy atom. The summed E-state index contributed by atoms with van der Waals surface area (Å²) in [5.74, 6) is -0.328. The Balaban J connectivity index is 1.36. The number of rotatable bonds is 7. The van der Waals surface area contributed by atoms with Crippen molar-refractivity contribution in [3.8, 4) is 11.5 Å². The highest BCUT2D eigenvalue weighted by Crippen LogP contribution is 2.48. The number of imide groups is 1. The average Bonchev–Trinajstić information content (AvgIpc) is 3.49. The molecule has 4 aromatic rings. The van der Waals surface area contributed by atoms with Crippen LogP contribution in [0.15, 0.2) is 108 Å². The first-order valence-electron chi connectivity index (χ1n) is 12.5. The van der Waals surface area contributed by atoms with Crippen LogP contribution in [0.4, 0.5) is 11.4 Å². The van der Waals surface area contributed by atoms with Crippen molar-refractivity contribution in [3.05, 3.63) is 119 Å². The zero-order chi connectivity index (χ0) is 26.9. The van der Waals surface area contributed by atoms with Gasteiger partial charge in [-0.1, -0.05) is 70.5 Å². The van der Waals surface area contributed by atoms with Crippen molar-refractivity contribution in [2.24, 2.45) is 5.92 Å². The fourth-order valence-corrected chi connectivity index (χ4v) is 5.38. The third-order valence-electron chi connectivity index (χ3n) is 6.98. The van der Waals surface area contributed by atoms with E-state index in [1.165, 1.54) is 4.90 Å². The molecule has 2 saturated heterocycles. The van der Waals surface area contributed by atoms with Crippen molar-refractivity contribution < 1.29 is 23.9 Å². The minimum Gasteiger partial charge on any atom is -0.493 e. The van der Waals surface area contributed by atoms with E-state index < -0.39 is 18.1 Å². The molecule has 0 N–H and O–H groups in total. The molecule has 0 spiro atoms. The Labute approximate surface area is 234 Å². The summed E-state index contributed by atoms with van der Waals surface area (Å²) >= 11 is 3.41. The van der Waals surface area contributed by atoms with Crippen LogP contribution in [-0.2, 0) is 21.0 Å². The van der Waals surface area contributed by atoms with E-state index in [9.17, 15) is 9.59 Å². The molecule has 0 aliphatic carbocycles. The Bertz CT molecular complexity index is 1500. The van der Waals surface area contributed by atoms with E-state index in [1.54, 1.807) is 36.4 Å². The third kappa shape index (κ3) is 4.66. The van der Waals surface area contributed by atoms with Crippen LogP contribution >= 0.6 is 15.9 Å². The minimum atomic E-state index is -0.952. The van der Waals surface area contributed by atoms with Crippen LogP contribution in [0.2, 0.25) is 0 Å². The fourth-order valence-electron chi connectivity index (χ4n) is 5.12. The molecule has 7 nitrogen and oxygen atoms in total. The smallest absolute Gasteiger partial charge is 0.266 e. The lowest BCUT2D eigenvalue weighted by Gasteiger charge is -2.29. The average molecular weight is 585 g/mol. The Kier molecular flexibility index (Phi) is 6.81. The van der Waals surface area contributed by atoms with Gasteiger partial charge >= 0.3 is 0 Å². The Morgan fingerprint density at radius 3 is 2.18 bits per heavy atom. The van der Waals surface area contributed by atoms with Crippen LogP contribution in [0, 0.1) is 5.92 Å². The number of hydrogen-bond acceptors (Lipinski definition) is 6. The lowest BCUT2D eigenvalue weighted by Crippen LogP contribution is -2.37. The molecule has 2 heterocycles. The number of carbonyl (C=O) groups excluding carboxylic acids is 2. The predicted octanol–water partition coefficient (Wildman–Crippen LogP) is 6.09. The number of fused-ring (bicyclic) bond motifs is 1. The summed E-state index contributed by atoms with van der Waals surface area (Å²) in [4.78, 5) is 34.9. The molecule has 196 valence electrons. The van der Waals surface area contributed by atoms with E-state index in [0.717, 1.165) is 21.3 Å². The van der Waals surface area contributed by atoms with E-state index in [0.29, 0.717) is 23.8 Å². The van der Waals surface area contributed by atoms with Crippen LogP contribution in [0.5, 0.6) is 11.5 Å². The number of hydrogen-bond donors (Lipinski definition) is 0. The number of benzene rings is 4. The maximum atomic E-state index is 13.9. The minimum absolute atomic E-state index is 0.306. The molecule has 2 fully saturated rings. The molecule has 2 aliphatic rings. The van der Waals surface area contributed by atoms with Crippen LogP contribution in [-0.4, -0.2) is 25.0 Å². The van der Waals surface area contributed by atoms with E-state index in [1.807, 2.05) is 78.9 Å². The van der Waals surface area contributed by atoms with Gasteiger partial charge in [-0.05, 0) is 59.7 Å². The molecule has 0 saturated carbocycles. The molecular formula is C31H25BrN2O5. The highest BCUT2D eigenvalue weighted by Gasteiger charge is 2.60. The molecule has 3 unspecified atom stereocenters. The van der Waals surface area contributed by atoms with Crippen molar-refractivity contribution in [3.63, 3.8) is 0 Å². The van der Waals surface area contributed by atoms with Crippen LogP contribution < -0.4 is 19.4 Å². The quantitative estimate of drug-likeness (QED) is 0.245. The van der Waals surface area contributed by atoms with Gasteiger partial charge in [0.2, 0.25) is 5.91 Å². The van der Waals surface area contributed by atoms with E-state index >= 15 is 0 Å². The molecule has 2 aliphatic heterocycles. The summed E-state index contributed by atoms with van der Waals surface area (Å²) in [7, 11) is 1.58. The topological polar surface area (TPSA) is 68.3 Å². The maximum Gasteiger partial charge on any atom is 0.266 e. The van der Waals surface area contributed by atoms with Crippen molar-refractivity contribution in [1.29, 1.82) is 0 Å². The number of nitrogens with zero attached hydrogens (tertiary/aromatic N) is 2. The second kappa shape index (κ2) is 10.6. The van der Waals surface area contributed by atoms with Crippen LogP contribution in [0.1, 0.15) is 17.2 Å². The van der Waals surface area contributed by atoms with Gasteiger partial charge in [0.15, 0.2) is 17.6 Å². The zero-order valence-electron chi connectivity index (χ0n) is 21.1. The van der Waals surface area contributed by atoms with Crippen molar-refractivity contribution in [2.45, 2.75) is 18.8 Å². The van der Waals surface area contributed by atoms with Gasteiger partial charge in [0, 0.05) is 4.47 Å².